The minimum absolute atomic E-state index is 0.0440. The van der Waals surface area contributed by atoms with E-state index in [9.17, 15) is 10.2 Å². The van der Waals surface area contributed by atoms with Crippen molar-refractivity contribution in [1.29, 1.82) is 0 Å². The van der Waals surface area contributed by atoms with Gasteiger partial charge in [0.2, 0.25) is 6.79 Å². The Morgan fingerprint density at radius 1 is 1.22 bits per heavy atom. The van der Waals surface area contributed by atoms with Gasteiger partial charge in [0.1, 0.15) is 0 Å². The third kappa shape index (κ3) is 2.93. The monoisotopic (exact) mass is 253 g/mol. The molecule has 3 N–H and O–H groups in total. The molecule has 0 saturated carbocycles. The number of rotatable bonds is 6. The van der Waals surface area contributed by atoms with E-state index in [-0.39, 0.29) is 20.0 Å². The van der Waals surface area contributed by atoms with Crippen molar-refractivity contribution in [3.63, 3.8) is 0 Å². The van der Waals surface area contributed by atoms with Crippen LogP contribution in [0.25, 0.3) is 0 Å². The van der Waals surface area contributed by atoms with Crippen LogP contribution in [0.4, 0.5) is 0 Å². The summed E-state index contributed by atoms with van der Waals surface area (Å²) < 4.78 is 10.5. The molecule has 100 valence electrons. The first-order valence-electron chi connectivity index (χ1n) is 5.98. The summed E-state index contributed by atoms with van der Waals surface area (Å²) in [5.41, 5.74) is 0.591. The fraction of sp³-hybridized carbons (Fsp3) is 0.538. The smallest absolute Gasteiger partial charge is 0.231 e. The predicted octanol–water partition coefficient (Wildman–Crippen LogP) is 0.496. The van der Waals surface area contributed by atoms with Crippen LogP contribution in [0.3, 0.4) is 0 Å². The van der Waals surface area contributed by atoms with Crippen LogP contribution in [0.2, 0.25) is 0 Å². The topological polar surface area (TPSA) is 71.0 Å². The van der Waals surface area contributed by atoms with Crippen molar-refractivity contribution in [2.75, 3.05) is 26.6 Å². The van der Waals surface area contributed by atoms with E-state index in [1.165, 1.54) is 0 Å². The van der Waals surface area contributed by atoms with E-state index in [0.717, 1.165) is 17.1 Å². The van der Waals surface area contributed by atoms with E-state index in [2.05, 4.69) is 5.32 Å². The molecule has 1 aliphatic rings. The lowest BCUT2D eigenvalue weighted by atomic mass is 9.93. The molecule has 5 nitrogen and oxygen atoms in total. The Kier molecular flexibility index (Phi) is 4.06. The van der Waals surface area contributed by atoms with Gasteiger partial charge in [-0.1, -0.05) is 13.0 Å². The third-order valence-electron chi connectivity index (χ3n) is 3.08. The maximum absolute atomic E-state index is 9.17. The molecule has 1 aliphatic heterocycles. The van der Waals surface area contributed by atoms with Crippen LogP contribution in [-0.4, -0.2) is 36.8 Å². The average molecular weight is 253 g/mol. The number of hydrogen-bond acceptors (Lipinski definition) is 5. The number of aliphatic hydroxyl groups excluding tert-OH is 2. The van der Waals surface area contributed by atoms with Crippen LogP contribution in [0, 0.1) is 5.41 Å². The van der Waals surface area contributed by atoms with E-state index in [1.807, 2.05) is 25.1 Å². The van der Waals surface area contributed by atoms with Gasteiger partial charge in [0, 0.05) is 18.5 Å². The maximum atomic E-state index is 9.17. The summed E-state index contributed by atoms with van der Waals surface area (Å²) in [6.45, 7) is 3.23. The van der Waals surface area contributed by atoms with Gasteiger partial charge in [0.05, 0.1) is 13.2 Å². The van der Waals surface area contributed by atoms with Crippen molar-refractivity contribution in [3.05, 3.63) is 23.8 Å². The lowest BCUT2D eigenvalue weighted by Gasteiger charge is -2.24. The van der Waals surface area contributed by atoms with Crippen molar-refractivity contribution in [2.45, 2.75) is 13.5 Å². The molecule has 2 rings (SSSR count). The van der Waals surface area contributed by atoms with Crippen LogP contribution in [0.1, 0.15) is 12.5 Å². The molecule has 0 atom stereocenters. The second-order valence-electron chi connectivity index (χ2n) is 4.92. The zero-order chi connectivity index (χ0) is 13.0. The third-order valence-corrected chi connectivity index (χ3v) is 3.08. The molecule has 0 spiro atoms. The van der Waals surface area contributed by atoms with E-state index in [1.54, 1.807) is 0 Å². The van der Waals surface area contributed by atoms with Crippen molar-refractivity contribution >= 4 is 0 Å². The fourth-order valence-electron chi connectivity index (χ4n) is 1.72. The summed E-state index contributed by atoms with van der Waals surface area (Å²) >= 11 is 0. The van der Waals surface area contributed by atoms with Gasteiger partial charge in [-0.25, -0.2) is 0 Å². The minimum Gasteiger partial charge on any atom is -0.454 e. The van der Waals surface area contributed by atoms with Gasteiger partial charge in [-0.3, -0.25) is 0 Å². The second-order valence-corrected chi connectivity index (χ2v) is 4.92. The van der Waals surface area contributed by atoms with E-state index in [4.69, 9.17) is 9.47 Å². The highest BCUT2D eigenvalue weighted by molar-refractivity contribution is 5.44. The molecule has 0 bridgehead atoms. The Balaban J connectivity index is 1.87. The molecule has 0 saturated heterocycles. The Bertz CT molecular complexity index is 404. The highest BCUT2D eigenvalue weighted by Gasteiger charge is 2.21. The summed E-state index contributed by atoms with van der Waals surface area (Å²) in [6, 6.07) is 5.79. The summed E-state index contributed by atoms with van der Waals surface area (Å²) in [4.78, 5) is 0. The second kappa shape index (κ2) is 5.56. The molecule has 1 aromatic rings. The molecule has 0 aromatic heterocycles. The molecule has 0 amide bonds. The molecule has 18 heavy (non-hydrogen) atoms. The van der Waals surface area contributed by atoms with E-state index in [0.29, 0.717) is 13.1 Å². The van der Waals surface area contributed by atoms with Gasteiger partial charge in [0.25, 0.3) is 0 Å². The van der Waals surface area contributed by atoms with Gasteiger partial charge in [-0.15, -0.1) is 0 Å². The number of fused-ring (bicyclic) bond motifs is 1. The maximum Gasteiger partial charge on any atom is 0.231 e. The average Bonchev–Trinajstić information content (AvgIpc) is 2.86. The fourth-order valence-corrected chi connectivity index (χ4v) is 1.72. The molecular weight excluding hydrogens is 234 g/mol. The van der Waals surface area contributed by atoms with Crippen molar-refractivity contribution in [3.8, 4) is 11.5 Å². The lowest BCUT2D eigenvalue weighted by Crippen LogP contribution is -2.37. The lowest BCUT2D eigenvalue weighted by molar-refractivity contribution is 0.0695. The number of benzene rings is 1. The van der Waals surface area contributed by atoms with Gasteiger partial charge >= 0.3 is 0 Å². The normalized spacial score (nSPS) is 13.9. The summed E-state index contributed by atoms with van der Waals surface area (Å²) in [5.74, 6) is 1.54. The largest absolute Gasteiger partial charge is 0.454 e. The van der Waals surface area contributed by atoms with Crippen LogP contribution < -0.4 is 14.8 Å². The molecule has 0 radical (unpaired) electrons. The standard InChI is InChI=1S/C13H19NO4/c1-13(7-15,8-16)6-14-5-10-2-3-11-12(4-10)18-9-17-11/h2-4,14-16H,5-9H2,1H3. The Labute approximate surface area is 106 Å². The Hall–Kier alpha value is -1.30. The number of aliphatic hydroxyl groups is 2. The molecule has 1 aromatic carbocycles. The summed E-state index contributed by atoms with van der Waals surface area (Å²) in [5, 5.41) is 21.6. The zero-order valence-electron chi connectivity index (χ0n) is 10.5. The first kappa shape index (κ1) is 13.1. The van der Waals surface area contributed by atoms with Gasteiger partial charge < -0.3 is 25.0 Å². The van der Waals surface area contributed by atoms with Gasteiger partial charge in [-0.2, -0.15) is 0 Å². The first-order chi connectivity index (χ1) is 8.67. The number of nitrogens with one attached hydrogen (secondary N) is 1. The van der Waals surface area contributed by atoms with Crippen LogP contribution in [0.15, 0.2) is 18.2 Å². The van der Waals surface area contributed by atoms with Crippen molar-refractivity contribution in [2.24, 2.45) is 5.41 Å². The predicted molar refractivity (Wildman–Crippen MR) is 66.6 cm³/mol. The molecule has 0 fully saturated rings. The first-order valence-corrected chi connectivity index (χ1v) is 5.98. The van der Waals surface area contributed by atoms with Crippen LogP contribution in [-0.2, 0) is 6.54 Å². The Morgan fingerprint density at radius 3 is 2.67 bits per heavy atom. The summed E-state index contributed by atoms with van der Waals surface area (Å²) in [7, 11) is 0. The summed E-state index contributed by atoms with van der Waals surface area (Å²) in [6.07, 6.45) is 0. The molecule has 0 unspecified atom stereocenters. The molecule has 5 heteroatoms. The van der Waals surface area contributed by atoms with Crippen molar-refractivity contribution < 1.29 is 19.7 Å². The Morgan fingerprint density at radius 2 is 1.94 bits per heavy atom. The highest BCUT2D eigenvalue weighted by atomic mass is 16.7. The van der Waals surface area contributed by atoms with Gasteiger partial charge in [-0.05, 0) is 17.7 Å². The van der Waals surface area contributed by atoms with E-state index >= 15 is 0 Å². The highest BCUT2D eigenvalue weighted by Crippen LogP contribution is 2.32. The minimum atomic E-state index is -0.490. The van der Waals surface area contributed by atoms with Gasteiger partial charge in [0.15, 0.2) is 11.5 Å². The zero-order valence-corrected chi connectivity index (χ0v) is 10.5. The van der Waals surface area contributed by atoms with Crippen LogP contribution in [0.5, 0.6) is 11.5 Å². The van der Waals surface area contributed by atoms with E-state index < -0.39 is 5.41 Å². The molecule has 0 aliphatic carbocycles. The van der Waals surface area contributed by atoms with Crippen molar-refractivity contribution in [1.82, 2.24) is 5.32 Å². The van der Waals surface area contributed by atoms with Crippen LogP contribution >= 0.6 is 0 Å². The number of ether oxygens (including phenoxy) is 2. The molecule has 1 heterocycles. The quantitative estimate of drug-likeness (QED) is 0.688. The molecular formula is C13H19NO4. The number of hydrogen-bond donors (Lipinski definition) is 3. The SMILES string of the molecule is CC(CO)(CO)CNCc1ccc2c(c1)OCO2.